The molecule has 0 spiro atoms. The normalized spacial score (nSPS) is 18.3. The number of fused-ring (bicyclic) bond motifs is 1. The summed E-state index contributed by atoms with van der Waals surface area (Å²) in [5.74, 6) is -0.244. The maximum atomic E-state index is 14.6. The largest absolute Gasteiger partial charge is 0.360 e. The van der Waals surface area contributed by atoms with Gasteiger partial charge in [0, 0.05) is 68.8 Å². The molecule has 184 valence electrons. The van der Waals surface area contributed by atoms with E-state index in [-0.39, 0.29) is 5.82 Å². The number of hydrogen-bond donors (Lipinski definition) is 0. The second-order valence-corrected chi connectivity index (χ2v) is 17.8. The van der Waals surface area contributed by atoms with Crippen molar-refractivity contribution in [2.45, 2.75) is 70.2 Å². The third-order valence-electron chi connectivity index (χ3n) is 7.06. The predicted molar refractivity (Wildman–Crippen MR) is 143 cm³/mol. The molecule has 1 saturated heterocycles. The first-order chi connectivity index (χ1) is 16.2. The lowest BCUT2D eigenvalue weighted by atomic mass is 10.0. The first kappa shape index (κ1) is 24.5. The summed E-state index contributed by atoms with van der Waals surface area (Å²) in [7, 11) is -1.14. The fourth-order valence-electron chi connectivity index (χ4n) is 4.91. The van der Waals surface area contributed by atoms with Crippen molar-refractivity contribution in [3.63, 3.8) is 0 Å². The highest BCUT2D eigenvalue weighted by atomic mass is 79.9. The van der Waals surface area contributed by atoms with E-state index in [1.807, 2.05) is 12.3 Å². The number of piperidine rings is 1. The van der Waals surface area contributed by atoms with Gasteiger partial charge in [0.05, 0.1) is 9.99 Å². The Bertz CT molecular complexity index is 1180. The molecule has 0 amide bonds. The van der Waals surface area contributed by atoms with E-state index in [0.717, 1.165) is 66.7 Å². The van der Waals surface area contributed by atoms with E-state index in [1.165, 1.54) is 12.8 Å². The summed E-state index contributed by atoms with van der Waals surface area (Å²) in [6.45, 7) is 10.3. The average Bonchev–Trinajstić information content (AvgIpc) is 3.49. The van der Waals surface area contributed by atoms with Gasteiger partial charge in [-0.15, -0.1) is 0 Å². The molecule has 2 fully saturated rings. The third kappa shape index (κ3) is 5.31. The molecule has 1 aromatic carbocycles. The molecule has 0 atom stereocenters. The fraction of sp³-hybridized carbons (Fsp3) is 0.560. The summed E-state index contributed by atoms with van der Waals surface area (Å²) in [5.41, 5.74) is 2.75. The standard InChI is InChI=1S/C25H33BrClFN4OSi/c1-34(2,3)11-10-33-16-31-14-21(25(27)29-31)20-15-32(24-13-23(28)22(26)12-19(20)24)18-6-8-30(9-7-18)17-4-5-17/h12-15,17-18H,4-11,16H2,1-3H3. The molecule has 1 saturated carbocycles. The quantitative estimate of drug-likeness (QED) is 0.214. The van der Waals surface area contributed by atoms with Crippen molar-refractivity contribution < 1.29 is 9.13 Å². The van der Waals surface area contributed by atoms with Crippen LogP contribution in [0.15, 0.2) is 29.0 Å². The molecule has 3 aromatic rings. The summed E-state index contributed by atoms with van der Waals surface area (Å²) in [6, 6.07) is 5.78. The monoisotopic (exact) mass is 566 g/mol. The number of nitrogens with zero attached hydrogens (tertiary/aromatic N) is 4. The fourth-order valence-corrected chi connectivity index (χ4v) is 6.26. The molecule has 1 aliphatic heterocycles. The van der Waals surface area contributed by atoms with E-state index in [1.54, 1.807) is 10.7 Å². The Morgan fingerprint density at radius 2 is 1.82 bits per heavy atom. The molecular formula is C25H33BrClFN4OSi. The number of hydrogen-bond acceptors (Lipinski definition) is 3. The zero-order valence-corrected chi connectivity index (χ0v) is 23.5. The topological polar surface area (TPSA) is 35.2 Å². The van der Waals surface area contributed by atoms with Crippen molar-refractivity contribution in [1.29, 1.82) is 0 Å². The van der Waals surface area contributed by atoms with Crippen LogP contribution in [-0.2, 0) is 11.5 Å². The van der Waals surface area contributed by atoms with Crippen LogP contribution in [0, 0.1) is 5.82 Å². The van der Waals surface area contributed by atoms with Crippen molar-refractivity contribution in [3.8, 4) is 11.1 Å². The maximum Gasteiger partial charge on any atom is 0.159 e. The molecule has 5 nitrogen and oxygen atoms in total. The number of halogens is 3. The van der Waals surface area contributed by atoms with Gasteiger partial charge in [-0.3, -0.25) is 0 Å². The van der Waals surface area contributed by atoms with Crippen LogP contribution < -0.4 is 0 Å². The molecule has 34 heavy (non-hydrogen) atoms. The number of likely N-dealkylation sites (tertiary alicyclic amines) is 1. The molecule has 0 radical (unpaired) electrons. The molecule has 1 aliphatic carbocycles. The minimum atomic E-state index is -1.14. The van der Waals surface area contributed by atoms with Crippen molar-refractivity contribution in [2.24, 2.45) is 0 Å². The summed E-state index contributed by atoms with van der Waals surface area (Å²) < 4.78 is 25.0. The van der Waals surface area contributed by atoms with Crippen LogP contribution in [0.25, 0.3) is 22.0 Å². The second kappa shape index (κ2) is 9.69. The van der Waals surface area contributed by atoms with Gasteiger partial charge in [-0.05, 0) is 59.8 Å². The zero-order chi connectivity index (χ0) is 24.0. The van der Waals surface area contributed by atoms with Crippen LogP contribution in [-0.4, -0.2) is 53.1 Å². The van der Waals surface area contributed by atoms with Crippen molar-refractivity contribution >= 4 is 46.5 Å². The SMILES string of the molecule is C[Si](C)(C)CCOCn1cc(-c2cn(C3CCN(C4CC4)CC3)c3cc(F)c(Br)cc23)c(Cl)n1. The van der Waals surface area contributed by atoms with Crippen LogP contribution in [0.1, 0.15) is 31.7 Å². The summed E-state index contributed by atoms with van der Waals surface area (Å²) in [6.07, 6.45) is 8.93. The van der Waals surface area contributed by atoms with Gasteiger partial charge in [0.2, 0.25) is 0 Å². The lowest BCUT2D eigenvalue weighted by Crippen LogP contribution is -2.35. The van der Waals surface area contributed by atoms with E-state index >= 15 is 0 Å². The Kier molecular flexibility index (Phi) is 6.98. The lowest BCUT2D eigenvalue weighted by molar-refractivity contribution is 0.0786. The summed E-state index contributed by atoms with van der Waals surface area (Å²) in [4.78, 5) is 2.61. The third-order valence-corrected chi connectivity index (χ3v) is 9.65. The smallest absolute Gasteiger partial charge is 0.159 e. The van der Waals surface area contributed by atoms with Crippen LogP contribution in [0.4, 0.5) is 4.39 Å². The van der Waals surface area contributed by atoms with Gasteiger partial charge in [0.1, 0.15) is 12.5 Å². The minimum Gasteiger partial charge on any atom is -0.360 e. The number of ether oxygens (including phenoxy) is 1. The van der Waals surface area contributed by atoms with Crippen molar-refractivity contribution in [2.75, 3.05) is 19.7 Å². The Morgan fingerprint density at radius 1 is 1.09 bits per heavy atom. The Morgan fingerprint density at radius 3 is 2.50 bits per heavy atom. The first-order valence-corrected chi connectivity index (χ1v) is 17.1. The van der Waals surface area contributed by atoms with Crippen LogP contribution in [0.2, 0.25) is 30.8 Å². The molecular weight excluding hydrogens is 535 g/mol. The first-order valence-electron chi connectivity index (χ1n) is 12.2. The molecule has 2 aromatic heterocycles. The van der Waals surface area contributed by atoms with E-state index < -0.39 is 8.07 Å². The van der Waals surface area contributed by atoms with E-state index in [9.17, 15) is 4.39 Å². The number of benzene rings is 1. The van der Waals surface area contributed by atoms with Gasteiger partial charge < -0.3 is 14.2 Å². The zero-order valence-electron chi connectivity index (χ0n) is 20.2. The van der Waals surface area contributed by atoms with Crippen LogP contribution in [0.5, 0.6) is 0 Å². The average molecular weight is 568 g/mol. The molecule has 9 heteroatoms. The van der Waals surface area contributed by atoms with Gasteiger partial charge >= 0.3 is 0 Å². The van der Waals surface area contributed by atoms with Gasteiger partial charge in [-0.25, -0.2) is 9.07 Å². The molecule has 0 unspecified atom stereocenters. The van der Waals surface area contributed by atoms with E-state index in [4.69, 9.17) is 16.3 Å². The van der Waals surface area contributed by atoms with Gasteiger partial charge in [0.25, 0.3) is 0 Å². The highest BCUT2D eigenvalue weighted by molar-refractivity contribution is 9.10. The van der Waals surface area contributed by atoms with E-state index in [0.29, 0.717) is 22.4 Å². The Balaban J connectivity index is 1.42. The predicted octanol–water partition coefficient (Wildman–Crippen LogP) is 7.17. The molecule has 2 aliphatic rings. The molecule has 3 heterocycles. The van der Waals surface area contributed by atoms with Gasteiger partial charge in [-0.1, -0.05) is 31.2 Å². The van der Waals surface area contributed by atoms with Gasteiger partial charge in [-0.2, -0.15) is 5.10 Å². The van der Waals surface area contributed by atoms with Crippen molar-refractivity contribution in [1.82, 2.24) is 19.2 Å². The van der Waals surface area contributed by atoms with Crippen LogP contribution in [0.3, 0.4) is 0 Å². The Labute approximate surface area is 215 Å². The van der Waals surface area contributed by atoms with Crippen molar-refractivity contribution in [3.05, 3.63) is 40.0 Å². The summed E-state index contributed by atoms with van der Waals surface area (Å²) >= 11 is 9.99. The lowest BCUT2D eigenvalue weighted by Gasteiger charge is -2.33. The molecule has 5 rings (SSSR count). The molecule has 0 bridgehead atoms. The van der Waals surface area contributed by atoms with Crippen LogP contribution >= 0.6 is 27.5 Å². The summed E-state index contributed by atoms with van der Waals surface area (Å²) in [5, 5.41) is 5.92. The number of rotatable bonds is 8. The van der Waals surface area contributed by atoms with Gasteiger partial charge in [0.15, 0.2) is 5.15 Å². The van der Waals surface area contributed by atoms with E-state index in [2.05, 4.69) is 56.3 Å². The number of aromatic nitrogens is 3. The maximum absolute atomic E-state index is 14.6. The second-order valence-electron chi connectivity index (χ2n) is 11.0. The highest BCUT2D eigenvalue weighted by Crippen LogP contribution is 2.40. The molecule has 0 N–H and O–H groups in total. The Hall–Kier alpha value is -1.19. The minimum absolute atomic E-state index is 0.244. The highest BCUT2D eigenvalue weighted by Gasteiger charge is 2.33.